The lowest BCUT2D eigenvalue weighted by molar-refractivity contribution is -0.137. The van der Waals surface area contributed by atoms with E-state index in [1.807, 2.05) is 19.1 Å². The molecule has 2 amide bonds. The molecule has 0 aromatic heterocycles. The standard InChI is InChI=1S/C25H20F4N2O2S/c1-15-5-11-20(12-6-15)30-22(32)21-14-34-24(16-7-9-18(10-8-16)25(27,28)29)31(21)23(33)17-3-2-4-19(26)13-17/h2-13,21,24H,14H2,1H3,(H,30,32). The monoisotopic (exact) mass is 488 g/mol. The molecular weight excluding hydrogens is 468 g/mol. The third kappa shape index (κ3) is 5.09. The quantitative estimate of drug-likeness (QED) is 0.455. The Bertz CT molecular complexity index is 1200. The lowest BCUT2D eigenvalue weighted by atomic mass is 10.1. The number of benzene rings is 3. The molecule has 3 aromatic carbocycles. The highest BCUT2D eigenvalue weighted by molar-refractivity contribution is 7.99. The fraction of sp³-hybridized carbons (Fsp3) is 0.200. The molecule has 0 spiro atoms. The number of anilines is 1. The minimum atomic E-state index is -4.49. The van der Waals surface area contributed by atoms with Crippen LogP contribution in [0.5, 0.6) is 0 Å². The topological polar surface area (TPSA) is 49.4 Å². The van der Waals surface area contributed by atoms with Crippen LogP contribution in [0.1, 0.15) is 32.4 Å². The molecule has 3 aromatic rings. The van der Waals surface area contributed by atoms with Gasteiger partial charge in [0.25, 0.3) is 5.91 Å². The van der Waals surface area contributed by atoms with Crippen molar-refractivity contribution in [2.75, 3.05) is 11.1 Å². The molecule has 1 N–H and O–H groups in total. The van der Waals surface area contributed by atoms with E-state index < -0.39 is 40.8 Å². The fourth-order valence-electron chi connectivity index (χ4n) is 3.68. The van der Waals surface area contributed by atoms with E-state index in [9.17, 15) is 27.2 Å². The van der Waals surface area contributed by atoms with Gasteiger partial charge in [-0.1, -0.05) is 35.9 Å². The Morgan fingerprint density at radius 1 is 1.00 bits per heavy atom. The molecule has 0 radical (unpaired) electrons. The summed E-state index contributed by atoms with van der Waals surface area (Å²) in [6.45, 7) is 1.91. The van der Waals surface area contributed by atoms with Crippen LogP contribution in [0.15, 0.2) is 72.8 Å². The molecule has 1 fully saturated rings. The van der Waals surface area contributed by atoms with Gasteiger partial charge in [-0.15, -0.1) is 11.8 Å². The predicted octanol–water partition coefficient (Wildman–Crippen LogP) is 6.05. The summed E-state index contributed by atoms with van der Waals surface area (Å²) in [5, 5.41) is 2.07. The largest absolute Gasteiger partial charge is 0.416 e. The second-order valence-electron chi connectivity index (χ2n) is 7.90. The average Bonchev–Trinajstić information content (AvgIpc) is 3.25. The first-order chi connectivity index (χ1) is 16.1. The molecule has 1 heterocycles. The van der Waals surface area contributed by atoms with Gasteiger partial charge in [-0.2, -0.15) is 13.2 Å². The van der Waals surface area contributed by atoms with Gasteiger partial charge in [-0.3, -0.25) is 9.59 Å². The summed E-state index contributed by atoms with van der Waals surface area (Å²) >= 11 is 1.26. The molecule has 0 aliphatic carbocycles. The van der Waals surface area contributed by atoms with Gasteiger partial charge in [-0.05, 0) is 55.0 Å². The van der Waals surface area contributed by atoms with Crippen molar-refractivity contribution in [1.82, 2.24) is 4.90 Å². The van der Waals surface area contributed by atoms with Gasteiger partial charge < -0.3 is 10.2 Å². The van der Waals surface area contributed by atoms with Crippen LogP contribution in [0.25, 0.3) is 0 Å². The number of hydrogen-bond donors (Lipinski definition) is 1. The van der Waals surface area contributed by atoms with E-state index in [1.54, 1.807) is 12.1 Å². The van der Waals surface area contributed by atoms with Gasteiger partial charge in [0.2, 0.25) is 5.91 Å². The predicted molar refractivity (Wildman–Crippen MR) is 123 cm³/mol. The highest BCUT2D eigenvalue weighted by Gasteiger charge is 2.43. The van der Waals surface area contributed by atoms with Crippen molar-refractivity contribution in [2.24, 2.45) is 0 Å². The zero-order valence-electron chi connectivity index (χ0n) is 18.0. The Balaban J connectivity index is 1.66. The summed E-state index contributed by atoms with van der Waals surface area (Å²) in [4.78, 5) is 27.9. The number of hydrogen-bond acceptors (Lipinski definition) is 3. The van der Waals surface area contributed by atoms with Crippen LogP contribution in [0.3, 0.4) is 0 Å². The summed E-state index contributed by atoms with van der Waals surface area (Å²) in [7, 11) is 0. The molecule has 4 rings (SSSR count). The second-order valence-corrected chi connectivity index (χ2v) is 9.01. The van der Waals surface area contributed by atoms with Crippen LogP contribution in [0.2, 0.25) is 0 Å². The van der Waals surface area contributed by atoms with Crippen molar-refractivity contribution in [2.45, 2.75) is 24.5 Å². The van der Waals surface area contributed by atoms with Crippen molar-refractivity contribution < 1.29 is 27.2 Å². The lowest BCUT2D eigenvalue weighted by Gasteiger charge is -2.29. The summed E-state index contributed by atoms with van der Waals surface area (Å²) in [6, 6.07) is 15.8. The number of amides is 2. The van der Waals surface area contributed by atoms with E-state index in [1.165, 1.54) is 47.0 Å². The molecule has 1 aliphatic heterocycles. The molecule has 1 aliphatic rings. The van der Waals surface area contributed by atoms with Crippen molar-refractivity contribution in [3.05, 3.63) is 101 Å². The normalized spacial score (nSPS) is 18.1. The van der Waals surface area contributed by atoms with Crippen molar-refractivity contribution in [1.29, 1.82) is 0 Å². The Labute approximate surface area is 198 Å². The summed E-state index contributed by atoms with van der Waals surface area (Å²) in [5.41, 5.74) is 1.24. The van der Waals surface area contributed by atoms with Crippen LogP contribution >= 0.6 is 11.8 Å². The van der Waals surface area contributed by atoms with E-state index >= 15 is 0 Å². The van der Waals surface area contributed by atoms with Crippen LogP contribution < -0.4 is 5.32 Å². The summed E-state index contributed by atoms with van der Waals surface area (Å²) < 4.78 is 52.8. The van der Waals surface area contributed by atoms with E-state index in [4.69, 9.17) is 0 Å². The lowest BCUT2D eigenvalue weighted by Crippen LogP contribution is -2.45. The molecule has 34 heavy (non-hydrogen) atoms. The molecule has 9 heteroatoms. The first kappa shape index (κ1) is 23.8. The Morgan fingerprint density at radius 2 is 1.68 bits per heavy atom. The smallest absolute Gasteiger partial charge is 0.324 e. The highest BCUT2D eigenvalue weighted by Crippen LogP contribution is 2.43. The van der Waals surface area contributed by atoms with Gasteiger partial charge >= 0.3 is 6.18 Å². The average molecular weight is 489 g/mol. The molecule has 1 saturated heterocycles. The van der Waals surface area contributed by atoms with Gasteiger partial charge in [-0.25, -0.2) is 4.39 Å². The second kappa shape index (κ2) is 9.50. The Morgan fingerprint density at radius 3 is 2.29 bits per heavy atom. The van der Waals surface area contributed by atoms with Gasteiger partial charge in [0, 0.05) is 17.0 Å². The number of halogens is 4. The maximum absolute atomic E-state index is 13.8. The number of nitrogens with zero attached hydrogens (tertiary/aromatic N) is 1. The van der Waals surface area contributed by atoms with Crippen LogP contribution in [-0.4, -0.2) is 28.5 Å². The number of nitrogens with one attached hydrogen (secondary N) is 1. The van der Waals surface area contributed by atoms with Gasteiger partial charge in [0.1, 0.15) is 17.2 Å². The molecule has 176 valence electrons. The minimum absolute atomic E-state index is 0.0487. The zero-order valence-corrected chi connectivity index (χ0v) is 18.8. The van der Waals surface area contributed by atoms with Crippen molar-refractivity contribution >= 4 is 29.3 Å². The third-order valence-corrected chi connectivity index (χ3v) is 6.77. The molecule has 4 nitrogen and oxygen atoms in total. The fourth-order valence-corrected chi connectivity index (χ4v) is 5.11. The first-order valence-electron chi connectivity index (χ1n) is 10.4. The minimum Gasteiger partial charge on any atom is -0.324 e. The maximum atomic E-state index is 13.8. The number of aryl methyl sites for hydroxylation is 1. The van der Waals surface area contributed by atoms with Gasteiger partial charge in [0.05, 0.1) is 5.56 Å². The molecule has 0 saturated carbocycles. The molecule has 0 bridgehead atoms. The number of thioether (sulfide) groups is 1. The maximum Gasteiger partial charge on any atom is 0.416 e. The number of alkyl halides is 3. The van der Waals surface area contributed by atoms with Crippen molar-refractivity contribution in [3.8, 4) is 0 Å². The Hall–Kier alpha value is -3.33. The molecule has 2 unspecified atom stereocenters. The van der Waals surface area contributed by atoms with E-state index in [-0.39, 0.29) is 11.3 Å². The van der Waals surface area contributed by atoms with Crippen LogP contribution in [-0.2, 0) is 11.0 Å². The summed E-state index contributed by atoms with van der Waals surface area (Å²) in [6.07, 6.45) is -4.49. The van der Waals surface area contributed by atoms with Crippen molar-refractivity contribution in [3.63, 3.8) is 0 Å². The van der Waals surface area contributed by atoms with E-state index in [0.29, 0.717) is 11.3 Å². The Kier molecular flexibility index (Phi) is 6.65. The number of carbonyl (C=O) groups excluding carboxylic acids is 2. The number of rotatable bonds is 4. The third-order valence-electron chi connectivity index (χ3n) is 5.45. The van der Waals surface area contributed by atoms with Gasteiger partial charge in [0.15, 0.2) is 0 Å². The highest BCUT2D eigenvalue weighted by atomic mass is 32.2. The van der Waals surface area contributed by atoms with Crippen LogP contribution in [0.4, 0.5) is 23.2 Å². The van der Waals surface area contributed by atoms with E-state index in [0.717, 1.165) is 23.8 Å². The number of carbonyl (C=O) groups is 2. The van der Waals surface area contributed by atoms with E-state index in [2.05, 4.69) is 5.32 Å². The molecule has 2 atom stereocenters. The first-order valence-corrected chi connectivity index (χ1v) is 11.4. The molecular formula is C25H20F4N2O2S. The zero-order chi connectivity index (χ0) is 24.5. The van der Waals surface area contributed by atoms with Crippen LogP contribution in [0, 0.1) is 12.7 Å². The summed E-state index contributed by atoms with van der Waals surface area (Å²) in [5.74, 6) is -1.40. The SMILES string of the molecule is Cc1ccc(NC(=O)C2CSC(c3ccc(C(F)(F)F)cc3)N2C(=O)c2cccc(F)c2)cc1.